The highest BCUT2D eigenvalue weighted by molar-refractivity contribution is 6.11. The number of allylic oxidation sites excluding steroid dienone is 1. The number of nitrogens with zero attached hydrogens (tertiary/aromatic N) is 3. The highest BCUT2D eigenvalue weighted by Gasteiger charge is 2.14. The summed E-state index contributed by atoms with van der Waals surface area (Å²) in [5.74, 6) is 0. The molecular weight excluding hydrogens is 308 g/mol. The summed E-state index contributed by atoms with van der Waals surface area (Å²) in [6.45, 7) is 5.23. The molecule has 0 amide bonds. The van der Waals surface area contributed by atoms with E-state index in [1.54, 1.807) is 0 Å². The van der Waals surface area contributed by atoms with Crippen LogP contribution in [0.1, 0.15) is 11.1 Å². The lowest BCUT2D eigenvalue weighted by molar-refractivity contribution is 0.313. The molecule has 128 valence electrons. The van der Waals surface area contributed by atoms with Crippen molar-refractivity contribution in [1.82, 2.24) is 4.90 Å². The summed E-state index contributed by atoms with van der Waals surface area (Å²) in [5, 5.41) is 3.41. The standard InChI is InChI=1S/C21H24N4/c1-24-10-12-25(13-11-24)20-8-6-19(7-9-20)23-16-18-15-22-14-17-4-2-3-5-21(17)18/h2-9,15-16,23H,10-14H2,1H3. The topological polar surface area (TPSA) is 30.9 Å². The van der Waals surface area contributed by atoms with E-state index in [1.807, 2.05) is 12.4 Å². The first-order valence-corrected chi connectivity index (χ1v) is 8.88. The smallest absolute Gasteiger partial charge is 0.0646 e. The first kappa shape index (κ1) is 15.9. The molecule has 1 saturated heterocycles. The molecule has 2 aliphatic rings. The van der Waals surface area contributed by atoms with Crippen LogP contribution in [0, 0.1) is 0 Å². The Bertz CT molecular complexity index is 784. The zero-order valence-corrected chi connectivity index (χ0v) is 14.7. The van der Waals surface area contributed by atoms with E-state index in [1.165, 1.54) is 16.8 Å². The summed E-state index contributed by atoms with van der Waals surface area (Å²) in [5.41, 5.74) is 6.07. The second-order valence-corrected chi connectivity index (χ2v) is 6.71. The number of fused-ring (bicyclic) bond motifs is 1. The van der Waals surface area contributed by atoms with E-state index in [4.69, 9.17) is 0 Å². The van der Waals surface area contributed by atoms with Crippen LogP contribution >= 0.6 is 0 Å². The van der Waals surface area contributed by atoms with E-state index in [2.05, 4.69) is 75.7 Å². The maximum Gasteiger partial charge on any atom is 0.0646 e. The Kier molecular flexibility index (Phi) is 4.53. The van der Waals surface area contributed by atoms with Crippen molar-refractivity contribution in [1.29, 1.82) is 0 Å². The lowest BCUT2D eigenvalue weighted by Crippen LogP contribution is -2.44. The Labute approximate surface area is 149 Å². The van der Waals surface area contributed by atoms with Crippen molar-refractivity contribution in [2.24, 2.45) is 4.99 Å². The van der Waals surface area contributed by atoms with E-state index in [0.29, 0.717) is 0 Å². The molecule has 2 aromatic rings. The molecule has 25 heavy (non-hydrogen) atoms. The lowest BCUT2D eigenvalue weighted by Gasteiger charge is -2.34. The van der Waals surface area contributed by atoms with Gasteiger partial charge in [-0.05, 0) is 42.4 Å². The van der Waals surface area contributed by atoms with Gasteiger partial charge in [-0.25, -0.2) is 0 Å². The molecule has 0 unspecified atom stereocenters. The predicted octanol–water partition coefficient (Wildman–Crippen LogP) is 3.48. The number of anilines is 2. The molecule has 1 fully saturated rings. The number of hydrogen-bond acceptors (Lipinski definition) is 4. The number of aliphatic imine (C=N–C) groups is 1. The first-order chi connectivity index (χ1) is 12.3. The first-order valence-electron chi connectivity index (χ1n) is 8.88. The van der Waals surface area contributed by atoms with E-state index in [9.17, 15) is 0 Å². The summed E-state index contributed by atoms with van der Waals surface area (Å²) < 4.78 is 0. The minimum atomic E-state index is 0.771. The van der Waals surface area contributed by atoms with E-state index >= 15 is 0 Å². The van der Waals surface area contributed by atoms with Crippen molar-refractivity contribution < 1.29 is 0 Å². The fourth-order valence-corrected chi connectivity index (χ4v) is 3.36. The Morgan fingerprint density at radius 3 is 2.52 bits per heavy atom. The Hall–Kier alpha value is -2.59. The molecule has 4 rings (SSSR count). The van der Waals surface area contributed by atoms with Gasteiger partial charge in [0, 0.05) is 55.5 Å². The number of rotatable bonds is 3. The van der Waals surface area contributed by atoms with Crippen molar-refractivity contribution in [2.75, 3.05) is 43.4 Å². The van der Waals surface area contributed by atoms with Crippen LogP contribution in [0.15, 0.2) is 59.7 Å². The molecule has 0 atom stereocenters. The van der Waals surface area contributed by atoms with Crippen molar-refractivity contribution >= 4 is 23.2 Å². The van der Waals surface area contributed by atoms with Gasteiger partial charge in [0.05, 0.1) is 6.54 Å². The third-order valence-electron chi connectivity index (χ3n) is 4.95. The van der Waals surface area contributed by atoms with Crippen LogP contribution in [0.4, 0.5) is 11.4 Å². The van der Waals surface area contributed by atoms with Crippen LogP contribution in [0.5, 0.6) is 0 Å². The minimum Gasteiger partial charge on any atom is -0.369 e. The molecule has 0 spiro atoms. The Morgan fingerprint density at radius 2 is 1.72 bits per heavy atom. The molecule has 0 bridgehead atoms. The van der Waals surface area contributed by atoms with Crippen molar-refractivity contribution in [2.45, 2.75) is 6.54 Å². The zero-order valence-electron chi connectivity index (χ0n) is 14.7. The summed E-state index contributed by atoms with van der Waals surface area (Å²) in [7, 11) is 2.19. The Balaban J connectivity index is 1.45. The van der Waals surface area contributed by atoms with Crippen LogP contribution in [0.3, 0.4) is 0 Å². The van der Waals surface area contributed by atoms with Gasteiger partial charge in [-0.15, -0.1) is 0 Å². The van der Waals surface area contributed by atoms with E-state index in [0.717, 1.165) is 44.0 Å². The highest BCUT2D eigenvalue weighted by atomic mass is 15.2. The lowest BCUT2D eigenvalue weighted by atomic mass is 9.99. The summed E-state index contributed by atoms with van der Waals surface area (Å²) in [6.07, 6.45) is 4.00. The van der Waals surface area contributed by atoms with Gasteiger partial charge in [-0.3, -0.25) is 4.99 Å². The quantitative estimate of drug-likeness (QED) is 0.934. The number of likely N-dealkylation sites (N-methyl/N-ethyl adjacent to an activating group) is 1. The highest BCUT2D eigenvalue weighted by Crippen LogP contribution is 2.24. The molecule has 2 heterocycles. The molecule has 0 radical (unpaired) electrons. The van der Waals surface area contributed by atoms with Crippen molar-refractivity contribution in [3.8, 4) is 0 Å². The molecular formula is C21H24N4. The predicted molar refractivity (Wildman–Crippen MR) is 106 cm³/mol. The van der Waals surface area contributed by atoms with Crippen LogP contribution in [0.25, 0.3) is 5.57 Å². The average Bonchev–Trinajstić information content (AvgIpc) is 2.67. The van der Waals surface area contributed by atoms with Gasteiger partial charge < -0.3 is 15.1 Å². The number of hydrogen-bond donors (Lipinski definition) is 1. The van der Waals surface area contributed by atoms with Gasteiger partial charge >= 0.3 is 0 Å². The van der Waals surface area contributed by atoms with Crippen LogP contribution in [-0.4, -0.2) is 44.3 Å². The maximum atomic E-state index is 4.45. The molecule has 2 aliphatic heterocycles. The number of nitrogens with one attached hydrogen (secondary N) is 1. The van der Waals surface area contributed by atoms with Gasteiger partial charge in [-0.2, -0.15) is 0 Å². The van der Waals surface area contributed by atoms with E-state index < -0.39 is 0 Å². The van der Waals surface area contributed by atoms with Crippen molar-refractivity contribution in [3.05, 3.63) is 65.9 Å². The maximum absolute atomic E-state index is 4.45. The summed E-state index contributed by atoms with van der Waals surface area (Å²) in [6, 6.07) is 17.2. The molecule has 4 heteroatoms. The largest absolute Gasteiger partial charge is 0.369 e. The monoisotopic (exact) mass is 332 g/mol. The minimum absolute atomic E-state index is 0.771. The van der Waals surface area contributed by atoms with Gasteiger partial charge in [0.15, 0.2) is 0 Å². The SMILES string of the molecule is CN1CCN(c2ccc(NC=C3C=NCc4ccccc43)cc2)CC1. The second-order valence-electron chi connectivity index (χ2n) is 6.71. The fourth-order valence-electron chi connectivity index (χ4n) is 3.36. The zero-order chi connectivity index (χ0) is 17.1. The van der Waals surface area contributed by atoms with Gasteiger partial charge in [-0.1, -0.05) is 24.3 Å². The normalized spacial score (nSPS) is 19.1. The van der Waals surface area contributed by atoms with Crippen molar-refractivity contribution in [3.63, 3.8) is 0 Å². The molecule has 0 saturated carbocycles. The van der Waals surface area contributed by atoms with E-state index in [-0.39, 0.29) is 0 Å². The van der Waals surface area contributed by atoms with Gasteiger partial charge in [0.25, 0.3) is 0 Å². The molecule has 0 aromatic heterocycles. The summed E-state index contributed by atoms with van der Waals surface area (Å²) in [4.78, 5) is 9.28. The second kappa shape index (κ2) is 7.11. The third kappa shape index (κ3) is 3.59. The molecule has 1 N–H and O–H groups in total. The molecule has 2 aromatic carbocycles. The number of benzene rings is 2. The van der Waals surface area contributed by atoms with Crippen LogP contribution < -0.4 is 10.2 Å². The average molecular weight is 332 g/mol. The van der Waals surface area contributed by atoms with Gasteiger partial charge in [0.2, 0.25) is 0 Å². The number of piperazine rings is 1. The Morgan fingerprint density at radius 1 is 0.960 bits per heavy atom. The summed E-state index contributed by atoms with van der Waals surface area (Å²) >= 11 is 0. The third-order valence-corrected chi connectivity index (χ3v) is 4.95. The molecule has 0 aliphatic carbocycles. The van der Waals surface area contributed by atoms with Gasteiger partial charge in [0.1, 0.15) is 0 Å². The fraction of sp³-hybridized carbons (Fsp3) is 0.286. The van der Waals surface area contributed by atoms with Crippen LogP contribution in [-0.2, 0) is 6.54 Å². The molecule has 4 nitrogen and oxygen atoms in total. The van der Waals surface area contributed by atoms with Crippen LogP contribution in [0.2, 0.25) is 0 Å².